The lowest BCUT2D eigenvalue weighted by Crippen LogP contribution is -2.46. The summed E-state index contributed by atoms with van der Waals surface area (Å²) in [7, 11) is 0. The van der Waals surface area contributed by atoms with Crippen molar-refractivity contribution in [3.63, 3.8) is 0 Å². The van der Waals surface area contributed by atoms with Gasteiger partial charge in [-0.1, -0.05) is 20.8 Å². The van der Waals surface area contributed by atoms with Gasteiger partial charge in [0.1, 0.15) is 0 Å². The third-order valence-electron chi connectivity index (χ3n) is 2.96. The number of rotatable bonds is 3. The van der Waals surface area contributed by atoms with Gasteiger partial charge in [-0.25, -0.2) is 0 Å². The van der Waals surface area contributed by atoms with Gasteiger partial charge < -0.3 is 10.4 Å². The van der Waals surface area contributed by atoms with E-state index >= 15 is 0 Å². The second kappa shape index (κ2) is 4.97. The smallest absolute Gasteiger partial charge is 0.0474 e. The maximum atomic E-state index is 9.25. The molecule has 0 radical (unpaired) electrons. The van der Waals surface area contributed by atoms with Gasteiger partial charge in [-0.15, -0.1) is 0 Å². The quantitative estimate of drug-likeness (QED) is 0.700. The highest BCUT2D eigenvalue weighted by molar-refractivity contribution is 4.84. The highest BCUT2D eigenvalue weighted by atomic mass is 16.3. The van der Waals surface area contributed by atoms with Crippen molar-refractivity contribution in [3.05, 3.63) is 0 Å². The summed E-state index contributed by atoms with van der Waals surface area (Å²) in [6, 6.07) is 0.543. The third-order valence-corrected chi connectivity index (χ3v) is 2.96. The summed E-state index contributed by atoms with van der Waals surface area (Å²) in [6.07, 6.45) is 2.37. The molecule has 1 aliphatic rings. The molecule has 0 spiro atoms. The first-order valence-electron chi connectivity index (χ1n) is 5.47. The van der Waals surface area contributed by atoms with Crippen LogP contribution in [0.1, 0.15) is 33.6 Å². The number of aliphatic hydroxyl groups is 1. The van der Waals surface area contributed by atoms with Gasteiger partial charge in [-0.05, 0) is 37.1 Å². The van der Waals surface area contributed by atoms with Crippen molar-refractivity contribution in [2.24, 2.45) is 17.8 Å². The fraction of sp³-hybridized carbons (Fsp3) is 1.00. The molecule has 2 nitrogen and oxygen atoms in total. The second-order valence-electron chi connectivity index (χ2n) is 4.93. The Morgan fingerprint density at radius 2 is 2.15 bits per heavy atom. The maximum absolute atomic E-state index is 9.25. The first-order chi connectivity index (χ1) is 6.13. The molecule has 3 unspecified atom stereocenters. The molecule has 1 rings (SSSR count). The minimum atomic E-state index is 0.342. The molecule has 0 aromatic heterocycles. The largest absolute Gasteiger partial charge is 0.396 e. The van der Waals surface area contributed by atoms with Crippen LogP contribution in [0.3, 0.4) is 0 Å². The lowest BCUT2D eigenvalue weighted by Gasteiger charge is -2.35. The van der Waals surface area contributed by atoms with E-state index in [9.17, 15) is 5.11 Å². The Morgan fingerprint density at radius 3 is 2.69 bits per heavy atom. The lowest BCUT2D eigenvalue weighted by atomic mass is 9.82. The molecular formula is C11H23NO. The van der Waals surface area contributed by atoms with Crippen molar-refractivity contribution in [1.82, 2.24) is 5.32 Å². The molecule has 78 valence electrons. The van der Waals surface area contributed by atoms with Crippen LogP contribution in [0, 0.1) is 17.8 Å². The number of hydrogen-bond acceptors (Lipinski definition) is 2. The summed E-state index contributed by atoms with van der Waals surface area (Å²) in [5, 5.41) is 12.8. The molecule has 13 heavy (non-hydrogen) atoms. The van der Waals surface area contributed by atoms with Crippen molar-refractivity contribution >= 4 is 0 Å². The Kier molecular flexibility index (Phi) is 4.20. The van der Waals surface area contributed by atoms with E-state index in [2.05, 4.69) is 26.1 Å². The van der Waals surface area contributed by atoms with Gasteiger partial charge in [0.05, 0.1) is 0 Å². The van der Waals surface area contributed by atoms with Crippen LogP contribution in [0.2, 0.25) is 0 Å². The SMILES string of the molecule is CC(C)CC1NCC(C)CC1CO. The van der Waals surface area contributed by atoms with E-state index in [0.717, 1.165) is 18.4 Å². The average Bonchev–Trinajstić information content (AvgIpc) is 2.07. The molecule has 1 heterocycles. The predicted octanol–water partition coefficient (Wildman–Crippen LogP) is 1.64. The molecule has 1 fully saturated rings. The molecule has 2 N–H and O–H groups in total. The fourth-order valence-corrected chi connectivity index (χ4v) is 2.27. The van der Waals surface area contributed by atoms with Gasteiger partial charge in [-0.2, -0.15) is 0 Å². The lowest BCUT2D eigenvalue weighted by molar-refractivity contribution is 0.125. The molecule has 0 amide bonds. The molecule has 3 atom stereocenters. The van der Waals surface area contributed by atoms with E-state index in [0.29, 0.717) is 18.6 Å². The molecule has 0 aliphatic carbocycles. The molecule has 0 bridgehead atoms. The third kappa shape index (κ3) is 3.28. The summed E-state index contributed by atoms with van der Waals surface area (Å²) in [5.74, 6) is 1.92. The average molecular weight is 185 g/mol. The summed E-state index contributed by atoms with van der Waals surface area (Å²) in [6.45, 7) is 8.20. The van der Waals surface area contributed by atoms with E-state index < -0.39 is 0 Å². The standard InChI is InChI=1S/C11H23NO/c1-8(2)4-11-10(7-13)5-9(3)6-12-11/h8-13H,4-7H2,1-3H3. The Morgan fingerprint density at radius 1 is 1.46 bits per heavy atom. The molecule has 0 aromatic rings. The van der Waals surface area contributed by atoms with E-state index in [1.165, 1.54) is 12.8 Å². The van der Waals surface area contributed by atoms with Crippen LogP contribution in [-0.2, 0) is 0 Å². The first kappa shape index (κ1) is 11.0. The van der Waals surface area contributed by atoms with E-state index in [4.69, 9.17) is 0 Å². The zero-order chi connectivity index (χ0) is 9.84. The Hall–Kier alpha value is -0.0800. The van der Waals surface area contributed by atoms with Crippen molar-refractivity contribution in [2.45, 2.75) is 39.7 Å². The van der Waals surface area contributed by atoms with Gasteiger partial charge in [0.2, 0.25) is 0 Å². The predicted molar refractivity (Wildman–Crippen MR) is 55.6 cm³/mol. The van der Waals surface area contributed by atoms with Crippen LogP contribution in [0.25, 0.3) is 0 Å². The van der Waals surface area contributed by atoms with Crippen molar-refractivity contribution in [1.29, 1.82) is 0 Å². The molecule has 0 aromatic carbocycles. The molecule has 2 heteroatoms. The zero-order valence-electron chi connectivity index (χ0n) is 9.09. The Balaban J connectivity index is 2.42. The van der Waals surface area contributed by atoms with Crippen LogP contribution < -0.4 is 5.32 Å². The second-order valence-corrected chi connectivity index (χ2v) is 4.93. The molecule has 1 saturated heterocycles. The van der Waals surface area contributed by atoms with Crippen molar-refractivity contribution in [2.75, 3.05) is 13.2 Å². The van der Waals surface area contributed by atoms with Gasteiger partial charge in [0, 0.05) is 12.6 Å². The molecule has 0 saturated carbocycles. The fourth-order valence-electron chi connectivity index (χ4n) is 2.27. The normalized spacial score (nSPS) is 35.3. The van der Waals surface area contributed by atoms with Crippen LogP contribution in [0.5, 0.6) is 0 Å². The van der Waals surface area contributed by atoms with Crippen LogP contribution >= 0.6 is 0 Å². The van der Waals surface area contributed by atoms with Crippen molar-refractivity contribution in [3.8, 4) is 0 Å². The summed E-state index contributed by atoms with van der Waals surface area (Å²) in [5.41, 5.74) is 0. The van der Waals surface area contributed by atoms with E-state index in [-0.39, 0.29) is 0 Å². The summed E-state index contributed by atoms with van der Waals surface area (Å²) < 4.78 is 0. The summed E-state index contributed by atoms with van der Waals surface area (Å²) >= 11 is 0. The van der Waals surface area contributed by atoms with E-state index in [1.54, 1.807) is 0 Å². The number of hydrogen-bond donors (Lipinski definition) is 2. The highest BCUT2D eigenvalue weighted by Gasteiger charge is 2.27. The Bertz CT molecular complexity index is 147. The van der Waals surface area contributed by atoms with Gasteiger partial charge in [0.15, 0.2) is 0 Å². The first-order valence-corrected chi connectivity index (χ1v) is 5.47. The van der Waals surface area contributed by atoms with Gasteiger partial charge in [-0.3, -0.25) is 0 Å². The minimum absolute atomic E-state index is 0.342. The highest BCUT2D eigenvalue weighted by Crippen LogP contribution is 2.24. The number of aliphatic hydroxyl groups excluding tert-OH is 1. The number of piperidine rings is 1. The van der Waals surface area contributed by atoms with Crippen LogP contribution in [0.4, 0.5) is 0 Å². The van der Waals surface area contributed by atoms with Gasteiger partial charge >= 0.3 is 0 Å². The zero-order valence-corrected chi connectivity index (χ0v) is 9.09. The Labute approximate surface area is 81.7 Å². The molecule has 1 aliphatic heterocycles. The minimum Gasteiger partial charge on any atom is -0.396 e. The maximum Gasteiger partial charge on any atom is 0.0474 e. The topological polar surface area (TPSA) is 32.3 Å². The van der Waals surface area contributed by atoms with Crippen LogP contribution in [0.15, 0.2) is 0 Å². The van der Waals surface area contributed by atoms with Crippen LogP contribution in [-0.4, -0.2) is 24.3 Å². The van der Waals surface area contributed by atoms with Crippen molar-refractivity contribution < 1.29 is 5.11 Å². The van der Waals surface area contributed by atoms with Gasteiger partial charge in [0.25, 0.3) is 0 Å². The monoisotopic (exact) mass is 185 g/mol. The van der Waals surface area contributed by atoms with E-state index in [1.807, 2.05) is 0 Å². The molecular weight excluding hydrogens is 162 g/mol. The summed E-state index contributed by atoms with van der Waals surface area (Å²) in [4.78, 5) is 0. The number of nitrogens with one attached hydrogen (secondary N) is 1.